The van der Waals surface area contributed by atoms with E-state index in [0.717, 1.165) is 12.8 Å². The number of nitrogens with one attached hydrogen (secondary N) is 1. The summed E-state index contributed by atoms with van der Waals surface area (Å²) in [6, 6.07) is 0. The summed E-state index contributed by atoms with van der Waals surface area (Å²) in [4.78, 5) is 11.2. The zero-order chi connectivity index (χ0) is 11.5. The molecule has 88 valence electrons. The van der Waals surface area contributed by atoms with E-state index in [0.29, 0.717) is 0 Å². The monoisotopic (exact) mass is 235 g/mol. The fourth-order valence-electron chi connectivity index (χ4n) is 1.18. The molecule has 1 amide bonds. The average molecular weight is 235 g/mol. The van der Waals surface area contributed by atoms with Gasteiger partial charge in [0, 0.05) is 18.2 Å². The smallest absolute Gasteiger partial charge is 0.223 e. The molecule has 0 heterocycles. The lowest BCUT2D eigenvalue weighted by Crippen LogP contribution is -2.36. The molecule has 1 fully saturated rings. The van der Waals surface area contributed by atoms with Crippen LogP contribution in [0.15, 0.2) is 0 Å². The molecule has 0 spiro atoms. The quantitative estimate of drug-likeness (QED) is 0.638. The number of hydrogen-bond acceptors (Lipinski definition) is 4. The number of aliphatic hydroxyl groups is 1. The van der Waals surface area contributed by atoms with Crippen LogP contribution in [0.1, 0.15) is 19.8 Å². The van der Waals surface area contributed by atoms with Crippen molar-refractivity contribution < 1.29 is 18.3 Å². The third-order valence-corrected chi connectivity index (χ3v) is 4.12. The fourth-order valence-corrected chi connectivity index (χ4v) is 2.12. The summed E-state index contributed by atoms with van der Waals surface area (Å²) in [7, 11) is -3.17. The molecule has 0 radical (unpaired) electrons. The summed E-state index contributed by atoms with van der Waals surface area (Å²) in [5.41, 5.74) is 0. The van der Waals surface area contributed by atoms with Gasteiger partial charge in [0.25, 0.3) is 0 Å². The summed E-state index contributed by atoms with van der Waals surface area (Å²) < 4.78 is 22.3. The van der Waals surface area contributed by atoms with Crippen molar-refractivity contribution in [2.75, 3.05) is 18.1 Å². The van der Waals surface area contributed by atoms with E-state index >= 15 is 0 Å². The summed E-state index contributed by atoms with van der Waals surface area (Å²) in [6.45, 7) is 1.55. The van der Waals surface area contributed by atoms with Crippen LogP contribution in [0.25, 0.3) is 0 Å². The molecule has 1 aliphatic carbocycles. The number of carbonyl (C=O) groups excluding carboxylic acids is 1. The second kappa shape index (κ2) is 4.94. The second-order valence-corrected chi connectivity index (χ2v) is 6.27. The summed E-state index contributed by atoms with van der Waals surface area (Å²) in [6.07, 6.45) is 0.794. The highest BCUT2D eigenvalue weighted by molar-refractivity contribution is 7.91. The van der Waals surface area contributed by atoms with Gasteiger partial charge in [-0.25, -0.2) is 8.42 Å². The molecule has 0 aromatic heterocycles. The van der Waals surface area contributed by atoms with Crippen LogP contribution in [0.4, 0.5) is 0 Å². The zero-order valence-electron chi connectivity index (χ0n) is 8.77. The van der Waals surface area contributed by atoms with Crippen molar-refractivity contribution in [1.82, 2.24) is 5.32 Å². The van der Waals surface area contributed by atoms with Crippen LogP contribution in [-0.2, 0) is 14.6 Å². The van der Waals surface area contributed by atoms with Crippen LogP contribution in [-0.4, -0.2) is 43.6 Å². The van der Waals surface area contributed by atoms with Gasteiger partial charge in [0.15, 0.2) is 9.84 Å². The molecule has 6 heteroatoms. The molecule has 1 aliphatic rings. The SMILES string of the molecule is CCS(=O)(=O)CC(O)CNC(=O)C1CC1. The van der Waals surface area contributed by atoms with Crippen LogP contribution in [0.3, 0.4) is 0 Å². The summed E-state index contributed by atoms with van der Waals surface area (Å²) in [5, 5.41) is 11.9. The van der Waals surface area contributed by atoms with Crippen molar-refractivity contribution in [2.24, 2.45) is 5.92 Å². The fraction of sp³-hybridized carbons (Fsp3) is 0.889. The molecule has 1 atom stereocenters. The first-order valence-corrected chi connectivity index (χ1v) is 6.93. The number of aliphatic hydroxyl groups excluding tert-OH is 1. The molecule has 0 aromatic rings. The Labute approximate surface area is 89.8 Å². The highest BCUT2D eigenvalue weighted by Gasteiger charge is 2.29. The van der Waals surface area contributed by atoms with Gasteiger partial charge in [0.2, 0.25) is 5.91 Å². The summed E-state index contributed by atoms with van der Waals surface area (Å²) >= 11 is 0. The van der Waals surface area contributed by atoms with E-state index in [1.54, 1.807) is 0 Å². The Morgan fingerprint density at radius 1 is 1.53 bits per heavy atom. The predicted molar refractivity (Wildman–Crippen MR) is 56.1 cm³/mol. The lowest BCUT2D eigenvalue weighted by Gasteiger charge is -2.11. The van der Waals surface area contributed by atoms with E-state index in [-0.39, 0.29) is 29.9 Å². The lowest BCUT2D eigenvalue weighted by molar-refractivity contribution is -0.122. The Balaban J connectivity index is 2.23. The molecule has 1 rings (SSSR count). The van der Waals surface area contributed by atoms with E-state index in [4.69, 9.17) is 0 Å². The van der Waals surface area contributed by atoms with Gasteiger partial charge in [-0.15, -0.1) is 0 Å². The third-order valence-electron chi connectivity index (χ3n) is 2.35. The largest absolute Gasteiger partial charge is 0.390 e. The van der Waals surface area contributed by atoms with Crippen molar-refractivity contribution in [3.05, 3.63) is 0 Å². The van der Waals surface area contributed by atoms with E-state index in [1.807, 2.05) is 0 Å². The van der Waals surface area contributed by atoms with Gasteiger partial charge in [0.1, 0.15) is 0 Å². The van der Waals surface area contributed by atoms with Crippen molar-refractivity contribution in [1.29, 1.82) is 0 Å². The number of carbonyl (C=O) groups is 1. The lowest BCUT2D eigenvalue weighted by atomic mass is 10.3. The van der Waals surface area contributed by atoms with Gasteiger partial charge < -0.3 is 10.4 Å². The van der Waals surface area contributed by atoms with Gasteiger partial charge in [-0.05, 0) is 12.8 Å². The maximum atomic E-state index is 11.2. The molecule has 2 N–H and O–H groups in total. The third kappa shape index (κ3) is 4.61. The molecule has 1 unspecified atom stereocenters. The van der Waals surface area contributed by atoms with Gasteiger partial charge in [-0.2, -0.15) is 0 Å². The molecule has 0 saturated heterocycles. The standard InChI is InChI=1S/C9H17NO4S/c1-2-15(13,14)6-8(11)5-10-9(12)7-3-4-7/h7-8,11H,2-6H2,1H3,(H,10,12). The van der Waals surface area contributed by atoms with E-state index in [2.05, 4.69) is 5.32 Å². The molecule has 5 nitrogen and oxygen atoms in total. The Hall–Kier alpha value is -0.620. The van der Waals surface area contributed by atoms with Gasteiger partial charge in [0.05, 0.1) is 11.9 Å². The Kier molecular flexibility index (Phi) is 4.10. The maximum Gasteiger partial charge on any atom is 0.223 e. The van der Waals surface area contributed by atoms with Gasteiger partial charge >= 0.3 is 0 Å². The number of sulfone groups is 1. The first-order valence-electron chi connectivity index (χ1n) is 5.11. The Morgan fingerprint density at radius 2 is 2.13 bits per heavy atom. The second-order valence-electron chi connectivity index (χ2n) is 3.87. The van der Waals surface area contributed by atoms with E-state index < -0.39 is 15.9 Å². The van der Waals surface area contributed by atoms with Crippen LogP contribution < -0.4 is 5.32 Å². The van der Waals surface area contributed by atoms with Gasteiger partial charge in [-0.1, -0.05) is 6.92 Å². The minimum absolute atomic E-state index is 0.0145. The van der Waals surface area contributed by atoms with Crippen molar-refractivity contribution in [3.8, 4) is 0 Å². The Morgan fingerprint density at radius 3 is 2.60 bits per heavy atom. The molecule has 1 saturated carbocycles. The van der Waals surface area contributed by atoms with Crippen molar-refractivity contribution in [3.63, 3.8) is 0 Å². The molecule has 0 aromatic carbocycles. The molecule has 0 bridgehead atoms. The number of rotatable bonds is 6. The zero-order valence-corrected chi connectivity index (χ0v) is 9.59. The average Bonchev–Trinajstić information content (AvgIpc) is 2.96. The summed E-state index contributed by atoms with van der Waals surface area (Å²) in [5.74, 6) is -0.266. The number of hydrogen-bond donors (Lipinski definition) is 2. The minimum Gasteiger partial charge on any atom is -0.390 e. The topological polar surface area (TPSA) is 83.5 Å². The van der Waals surface area contributed by atoms with Crippen LogP contribution in [0.2, 0.25) is 0 Å². The number of amides is 1. The normalized spacial score (nSPS) is 18.5. The van der Waals surface area contributed by atoms with Crippen LogP contribution in [0, 0.1) is 5.92 Å². The minimum atomic E-state index is -3.17. The Bertz CT molecular complexity index is 321. The molecular weight excluding hydrogens is 218 g/mol. The van der Waals surface area contributed by atoms with E-state index in [9.17, 15) is 18.3 Å². The maximum absolute atomic E-state index is 11.2. The molecule has 0 aliphatic heterocycles. The predicted octanol–water partition coefficient (Wildman–Crippen LogP) is -0.692. The first-order chi connectivity index (χ1) is 6.94. The van der Waals surface area contributed by atoms with Crippen LogP contribution >= 0.6 is 0 Å². The van der Waals surface area contributed by atoms with Crippen molar-refractivity contribution in [2.45, 2.75) is 25.9 Å². The van der Waals surface area contributed by atoms with Crippen LogP contribution in [0.5, 0.6) is 0 Å². The highest BCUT2D eigenvalue weighted by Crippen LogP contribution is 2.28. The van der Waals surface area contributed by atoms with Gasteiger partial charge in [-0.3, -0.25) is 4.79 Å². The van der Waals surface area contributed by atoms with Crippen molar-refractivity contribution >= 4 is 15.7 Å². The van der Waals surface area contributed by atoms with E-state index in [1.165, 1.54) is 6.92 Å². The molecule has 15 heavy (non-hydrogen) atoms. The first kappa shape index (κ1) is 12.4. The molecular formula is C9H17NO4S. The highest BCUT2D eigenvalue weighted by atomic mass is 32.2.